The zero-order chi connectivity index (χ0) is 16.9. The van der Waals surface area contributed by atoms with Crippen LogP contribution in [0.2, 0.25) is 5.02 Å². The van der Waals surface area contributed by atoms with Gasteiger partial charge in [0, 0.05) is 11.1 Å². The van der Waals surface area contributed by atoms with E-state index in [1.807, 2.05) is 30.3 Å². The van der Waals surface area contributed by atoms with Gasteiger partial charge in [-0.15, -0.1) is 0 Å². The van der Waals surface area contributed by atoms with E-state index in [-0.39, 0.29) is 12.6 Å². The van der Waals surface area contributed by atoms with Crippen molar-refractivity contribution in [2.45, 2.75) is 25.3 Å². The van der Waals surface area contributed by atoms with Gasteiger partial charge in [-0.3, -0.25) is 4.79 Å². The number of carbonyl (C=O) groups excluding carboxylic acids is 1. The second-order valence-corrected chi connectivity index (χ2v) is 6.50. The lowest BCUT2D eigenvalue weighted by Gasteiger charge is -2.20. The first-order chi connectivity index (χ1) is 11.6. The summed E-state index contributed by atoms with van der Waals surface area (Å²) in [6, 6.07) is 14.2. The van der Waals surface area contributed by atoms with Gasteiger partial charge >= 0.3 is 0 Å². The highest BCUT2D eigenvalue weighted by Gasteiger charge is 2.19. The van der Waals surface area contributed by atoms with Crippen molar-refractivity contribution in [3.05, 3.63) is 64.2 Å². The van der Waals surface area contributed by atoms with Gasteiger partial charge in [0.15, 0.2) is 6.61 Å². The Morgan fingerprint density at radius 1 is 1.29 bits per heavy atom. The zero-order valence-electron chi connectivity index (χ0n) is 13.4. The molecule has 1 unspecified atom stereocenters. The van der Waals surface area contributed by atoms with Gasteiger partial charge in [0.2, 0.25) is 0 Å². The molecule has 1 aliphatic heterocycles. The zero-order valence-corrected chi connectivity index (χ0v) is 14.2. The average Bonchev–Trinajstić information content (AvgIpc) is 2.75. The van der Waals surface area contributed by atoms with Crippen molar-refractivity contribution in [2.75, 3.05) is 13.2 Å². The molecule has 2 aromatic rings. The molecule has 1 heterocycles. The van der Waals surface area contributed by atoms with Gasteiger partial charge in [0.25, 0.3) is 5.91 Å². The summed E-state index contributed by atoms with van der Waals surface area (Å²) in [6.45, 7) is 0.864. The molecule has 3 rings (SSSR count). The summed E-state index contributed by atoms with van der Waals surface area (Å²) in [5.74, 6) is 0.200. The molecule has 0 fully saturated rings. The Bertz CT molecular complexity index is 733. The highest BCUT2D eigenvalue weighted by atomic mass is 35.5. The number of nitrogens with two attached hydrogens (primary N) is 1. The summed E-state index contributed by atoms with van der Waals surface area (Å²) < 4.78 is 5.47. The lowest BCUT2D eigenvalue weighted by atomic mass is 9.94. The van der Waals surface area contributed by atoms with Gasteiger partial charge in [0.1, 0.15) is 5.75 Å². The molecule has 1 atom stereocenters. The predicted molar refractivity (Wildman–Crippen MR) is 95.4 cm³/mol. The van der Waals surface area contributed by atoms with Crippen LogP contribution >= 0.6 is 11.6 Å². The Kier molecular flexibility index (Phi) is 5.38. The maximum atomic E-state index is 10.9. The lowest BCUT2D eigenvalue weighted by molar-refractivity contribution is -0.119. The fourth-order valence-corrected chi connectivity index (χ4v) is 3.33. The van der Waals surface area contributed by atoms with E-state index >= 15 is 0 Å². The molecule has 0 bridgehead atoms. The van der Waals surface area contributed by atoms with Crippen LogP contribution in [-0.4, -0.2) is 19.1 Å². The number of primary amides is 1. The fraction of sp³-hybridized carbons (Fsp3) is 0.316. The van der Waals surface area contributed by atoms with Crippen molar-refractivity contribution >= 4 is 17.5 Å². The molecule has 3 N–H and O–H groups in total. The lowest BCUT2D eigenvalue weighted by Crippen LogP contribution is -2.23. The summed E-state index contributed by atoms with van der Waals surface area (Å²) in [7, 11) is 0. The number of benzene rings is 2. The van der Waals surface area contributed by atoms with Crippen LogP contribution in [0.15, 0.2) is 42.5 Å². The smallest absolute Gasteiger partial charge is 0.255 e. The van der Waals surface area contributed by atoms with Crippen LogP contribution in [0.4, 0.5) is 0 Å². The van der Waals surface area contributed by atoms with Crippen LogP contribution in [0.5, 0.6) is 5.75 Å². The molecule has 0 aromatic heterocycles. The fourth-order valence-electron chi connectivity index (χ4n) is 3.12. The van der Waals surface area contributed by atoms with Gasteiger partial charge in [-0.2, -0.15) is 0 Å². The van der Waals surface area contributed by atoms with E-state index in [0.717, 1.165) is 30.8 Å². The first-order valence-corrected chi connectivity index (χ1v) is 8.51. The van der Waals surface area contributed by atoms with Crippen molar-refractivity contribution in [1.29, 1.82) is 0 Å². The second kappa shape index (κ2) is 7.69. The summed E-state index contributed by atoms with van der Waals surface area (Å²) >= 11 is 6.11. The number of hydrogen-bond donors (Lipinski definition) is 2. The van der Waals surface area contributed by atoms with Crippen LogP contribution < -0.4 is 15.8 Å². The molecule has 5 heteroatoms. The van der Waals surface area contributed by atoms with Crippen LogP contribution in [0.25, 0.3) is 0 Å². The highest BCUT2D eigenvalue weighted by Crippen LogP contribution is 2.29. The monoisotopic (exact) mass is 344 g/mol. The van der Waals surface area contributed by atoms with E-state index in [0.29, 0.717) is 5.75 Å². The Labute approximate surface area is 147 Å². The Morgan fingerprint density at radius 3 is 2.96 bits per heavy atom. The second-order valence-electron chi connectivity index (χ2n) is 6.06. The molecule has 1 aliphatic rings. The third-order valence-corrected chi connectivity index (χ3v) is 4.45. The number of hydrogen-bond acceptors (Lipinski definition) is 3. The molecule has 0 radical (unpaired) electrons. The van der Waals surface area contributed by atoms with Gasteiger partial charge < -0.3 is 15.8 Å². The standard InChI is InChI=1S/C19H21ClN2O2/c20-15-5-1-3-13(9-15)10-18-17-11-16(24-12-19(21)23)7-6-14(17)4-2-8-22-18/h1,3,5-7,9,11,18,22H,2,4,8,10,12H2,(H2,21,23). The molecule has 1 amide bonds. The summed E-state index contributed by atoms with van der Waals surface area (Å²) in [5, 5.41) is 4.36. The molecule has 126 valence electrons. The van der Waals surface area contributed by atoms with Crippen molar-refractivity contribution in [3.63, 3.8) is 0 Å². The molecular formula is C19H21ClN2O2. The number of aryl methyl sites for hydroxylation is 1. The quantitative estimate of drug-likeness (QED) is 0.876. The third kappa shape index (κ3) is 4.28. The molecule has 24 heavy (non-hydrogen) atoms. The average molecular weight is 345 g/mol. The van der Waals surface area contributed by atoms with Gasteiger partial charge in [-0.1, -0.05) is 29.8 Å². The minimum atomic E-state index is -0.474. The van der Waals surface area contributed by atoms with Crippen LogP contribution in [0.1, 0.15) is 29.2 Å². The topological polar surface area (TPSA) is 64.4 Å². The molecule has 0 saturated heterocycles. The molecule has 0 aliphatic carbocycles. The number of rotatable bonds is 5. The summed E-state index contributed by atoms with van der Waals surface area (Å²) in [5.41, 5.74) is 8.88. The maximum absolute atomic E-state index is 10.9. The van der Waals surface area contributed by atoms with Crippen LogP contribution in [0.3, 0.4) is 0 Å². The van der Waals surface area contributed by atoms with E-state index in [2.05, 4.69) is 17.4 Å². The molecule has 0 saturated carbocycles. The van der Waals surface area contributed by atoms with Crippen molar-refractivity contribution in [3.8, 4) is 5.75 Å². The van der Waals surface area contributed by atoms with Crippen molar-refractivity contribution < 1.29 is 9.53 Å². The van der Waals surface area contributed by atoms with E-state index in [9.17, 15) is 4.79 Å². The van der Waals surface area contributed by atoms with E-state index in [1.54, 1.807) is 0 Å². The Morgan fingerprint density at radius 2 is 2.17 bits per heavy atom. The normalized spacial score (nSPS) is 17.0. The predicted octanol–water partition coefficient (Wildman–Crippen LogP) is 3.02. The third-order valence-electron chi connectivity index (χ3n) is 4.22. The Hall–Kier alpha value is -2.04. The first-order valence-electron chi connectivity index (χ1n) is 8.13. The molecule has 4 nitrogen and oxygen atoms in total. The number of ether oxygens (including phenoxy) is 1. The number of carbonyl (C=O) groups is 1. The van der Waals surface area contributed by atoms with Gasteiger partial charge in [0.05, 0.1) is 0 Å². The van der Waals surface area contributed by atoms with Crippen LogP contribution in [0, 0.1) is 0 Å². The summed E-state index contributed by atoms with van der Waals surface area (Å²) in [4.78, 5) is 10.9. The number of fused-ring (bicyclic) bond motifs is 1. The number of amides is 1. The molecular weight excluding hydrogens is 324 g/mol. The maximum Gasteiger partial charge on any atom is 0.255 e. The number of nitrogens with one attached hydrogen (secondary N) is 1. The number of halogens is 1. The van der Waals surface area contributed by atoms with Gasteiger partial charge in [-0.05, 0) is 66.8 Å². The van der Waals surface area contributed by atoms with Crippen molar-refractivity contribution in [2.24, 2.45) is 5.73 Å². The Balaban J connectivity index is 1.85. The van der Waals surface area contributed by atoms with E-state index in [4.69, 9.17) is 22.1 Å². The van der Waals surface area contributed by atoms with Crippen molar-refractivity contribution in [1.82, 2.24) is 5.32 Å². The van der Waals surface area contributed by atoms with Gasteiger partial charge in [-0.25, -0.2) is 0 Å². The minimum Gasteiger partial charge on any atom is -0.484 e. The summed E-state index contributed by atoms with van der Waals surface area (Å²) in [6.07, 6.45) is 2.98. The first kappa shape index (κ1) is 16.8. The van der Waals surface area contributed by atoms with E-state index in [1.165, 1.54) is 16.7 Å². The van der Waals surface area contributed by atoms with Crippen LogP contribution in [-0.2, 0) is 17.6 Å². The molecule has 0 spiro atoms. The SMILES string of the molecule is NC(=O)COc1ccc2c(c1)C(Cc1cccc(Cl)c1)NCCC2. The minimum absolute atomic E-state index is 0.106. The largest absolute Gasteiger partial charge is 0.484 e. The molecule has 2 aromatic carbocycles. The van der Waals surface area contributed by atoms with E-state index < -0.39 is 5.91 Å². The highest BCUT2D eigenvalue weighted by molar-refractivity contribution is 6.30.